The maximum Gasteiger partial charge on any atom is 0.244 e. The molecule has 0 aromatic carbocycles. The molecule has 0 amide bonds. The van der Waals surface area contributed by atoms with Crippen molar-refractivity contribution in [3.05, 3.63) is 18.3 Å². The van der Waals surface area contributed by atoms with E-state index in [2.05, 4.69) is 22.1 Å². The summed E-state index contributed by atoms with van der Waals surface area (Å²) >= 11 is 1.81. The van der Waals surface area contributed by atoms with Gasteiger partial charge in [0.2, 0.25) is 10.0 Å². The topological polar surface area (TPSA) is 97.1 Å². The van der Waals surface area contributed by atoms with Gasteiger partial charge in [-0.3, -0.25) is 0 Å². The Morgan fingerprint density at radius 1 is 1.50 bits per heavy atom. The van der Waals surface area contributed by atoms with Gasteiger partial charge in [0, 0.05) is 17.5 Å². The highest BCUT2D eigenvalue weighted by molar-refractivity contribution is 8.00. The summed E-state index contributed by atoms with van der Waals surface area (Å²) in [6, 6.07) is 3.07. The normalized spacial score (nSPS) is 22.9. The number of hydrogen-bond donors (Lipinski definition) is 3. The number of sulfonamides is 1. The predicted molar refractivity (Wildman–Crippen MR) is 81.9 cm³/mol. The molecule has 112 valence electrons. The quantitative estimate of drug-likeness (QED) is 0.541. The van der Waals surface area contributed by atoms with Gasteiger partial charge >= 0.3 is 0 Å². The van der Waals surface area contributed by atoms with Crippen LogP contribution in [-0.2, 0) is 10.0 Å². The van der Waals surface area contributed by atoms with Crippen molar-refractivity contribution in [3.8, 4) is 0 Å². The third-order valence-corrected chi connectivity index (χ3v) is 6.18. The van der Waals surface area contributed by atoms with Gasteiger partial charge < -0.3 is 5.43 Å². The molecule has 20 heavy (non-hydrogen) atoms. The van der Waals surface area contributed by atoms with Crippen molar-refractivity contribution in [2.75, 3.05) is 11.2 Å². The van der Waals surface area contributed by atoms with E-state index in [1.807, 2.05) is 11.8 Å². The molecule has 1 aliphatic rings. The minimum atomic E-state index is -3.61. The highest BCUT2D eigenvalue weighted by Crippen LogP contribution is 2.31. The Balaban J connectivity index is 2.18. The van der Waals surface area contributed by atoms with E-state index in [0.29, 0.717) is 5.25 Å². The van der Waals surface area contributed by atoms with Crippen molar-refractivity contribution in [3.63, 3.8) is 0 Å². The first kappa shape index (κ1) is 15.6. The molecular weight excluding hydrogens is 296 g/mol. The van der Waals surface area contributed by atoms with Gasteiger partial charge in [-0.05, 0) is 30.7 Å². The molecule has 0 saturated heterocycles. The van der Waals surface area contributed by atoms with Crippen LogP contribution >= 0.6 is 11.8 Å². The molecule has 2 unspecified atom stereocenters. The predicted octanol–water partition coefficient (Wildman–Crippen LogP) is 1.32. The van der Waals surface area contributed by atoms with E-state index in [-0.39, 0.29) is 16.8 Å². The Morgan fingerprint density at radius 2 is 2.30 bits per heavy atom. The summed E-state index contributed by atoms with van der Waals surface area (Å²) in [4.78, 5) is 4.03. The van der Waals surface area contributed by atoms with Gasteiger partial charge in [0.05, 0.1) is 0 Å². The molecule has 1 saturated carbocycles. The molecule has 1 aromatic heterocycles. The molecule has 8 heteroatoms. The lowest BCUT2D eigenvalue weighted by molar-refractivity contribution is 0.555. The molecule has 6 nitrogen and oxygen atoms in total. The van der Waals surface area contributed by atoms with Gasteiger partial charge in [-0.15, -0.1) is 0 Å². The number of nitrogens with one attached hydrogen (secondary N) is 2. The van der Waals surface area contributed by atoms with E-state index in [4.69, 9.17) is 5.84 Å². The fourth-order valence-corrected chi connectivity index (χ4v) is 5.17. The second kappa shape index (κ2) is 6.75. The monoisotopic (exact) mass is 316 g/mol. The molecule has 4 N–H and O–H groups in total. The first-order chi connectivity index (χ1) is 9.58. The number of aromatic nitrogens is 1. The lowest BCUT2D eigenvalue weighted by atomic mass is 10.3. The number of hydrazine groups is 1. The van der Waals surface area contributed by atoms with E-state index in [9.17, 15) is 8.42 Å². The summed E-state index contributed by atoms with van der Waals surface area (Å²) in [5, 5.41) is 0.348. The van der Waals surface area contributed by atoms with Crippen LogP contribution in [0.15, 0.2) is 23.2 Å². The summed E-state index contributed by atoms with van der Waals surface area (Å²) in [6.07, 6.45) is 4.49. The zero-order chi connectivity index (χ0) is 14.6. The van der Waals surface area contributed by atoms with Crippen molar-refractivity contribution in [1.82, 2.24) is 9.71 Å². The smallest absolute Gasteiger partial charge is 0.244 e. The lowest BCUT2D eigenvalue weighted by Gasteiger charge is -2.20. The van der Waals surface area contributed by atoms with E-state index in [1.165, 1.54) is 12.3 Å². The van der Waals surface area contributed by atoms with E-state index in [1.54, 1.807) is 6.07 Å². The Morgan fingerprint density at radius 3 is 3.00 bits per heavy atom. The fraction of sp³-hybridized carbons (Fsp3) is 0.583. The zero-order valence-corrected chi connectivity index (χ0v) is 13.0. The third-order valence-electron chi connectivity index (χ3n) is 3.34. The fourth-order valence-electron chi connectivity index (χ4n) is 2.45. The van der Waals surface area contributed by atoms with Gasteiger partial charge in [0.25, 0.3) is 0 Å². The number of nitrogens with zero attached hydrogens (tertiary/aromatic N) is 1. The molecule has 1 aromatic rings. The average molecular weight is 316 g/mol. The first-order valence-corrected chi connectivity index (χ1v) is 9.17. The van der Waals surface area contributed by atoms with Crippen LogP contribution in [0.5, 0.6) is 0 Å². The average Bonchev–Trinajstić information content (AvgIpc) is 2.86. The second-order valence-corrected chi connectivity index (χ2v) is 7.85. The molecule has 0 spiro atoms. The largest absolute Gasteiger partial charge is 0.307 e. The Bertz CT molecular complexity index is 550. The summed E-state index contributed by atoms with van der Waals surface area (Å²) in [6.45, 7) is 2.09. The summed E-state index contributed by atoms with van der Waals surface area (Å²) in [5.74, 6) is 6.48. The van der Waals surface area contributed by atoms with Gasteiger partial charge in [0.1, 0.15) is 4.90 Å². The maximum atomic E-state index is 12.5. The second-order valence-electron chi connectivity index (χ2n) is 4.65. The lowest BCUT2D eigenvalue weighted by Crippen LogP contribution is -2.39. The Hall–Kier alpha value is -0.830. The van der Waals surface area contributed by atoms with Crippen LogP contribution in [-0.4, -0.2) is 30.4 Å². The minimum Gasteiger partial charge on any atom is -0.307 e. The van der Waals surface area contributed by atoms with Crippen molar-refractivity contribution < 1.29 is 8.42 Å². The van der Waals surface area contributed by atoms with Crippen LogP contribution in [0.25, 0.3) is 0 Å². The molecule has 0 aliphatic heterocycles. The van der Waals surface area contributed by atoms with Gasteiger partial charge in [-0.25, -0.2) is 24.0 Å². The summed E-state index contributed by atoms with van der Waals surface area (Å²) in [5.41, 5.74) is 2.33. The summed E-state index contributed by atoms with van der Waals surface area (Å²) in [7, 11) is -3.61. The molecule has 1 heterocycles. The van der Waals surface area contributed by atoms with Gasteiger partial charge in [-0.2, -0.15) is 11.8 Å². The van der Waals surface area contributed by atoms with Crippen molar-refractivity contribution in [1.29, 1.82) is 0 Å². The number of nitrogen functional groups attached to an aromatic ring is 1. The standard InChI is InChI=1S/C12H20N4O2S2/c1-2-19-10-6-3-5-9(10)16-20(17,18)11-7-4-8-14-12(11)15-13/h4,7-10,16H,2-3,5-6,13H2,1H3,(H,14,15). The molecular formula is C12H20N4O2S2. The van der Waals surface area contributed by atoms with Crippen LogP contribution in [0.3, 0.4) is 0 Å². The van der Waals surface area contributed by atoms with Crippen LogP contribution in [0.4, 0.5) is 5.82 Å². The number of nitrogens with two attached hydrogens (primary N) is 1. The zero-order valence-electron chi connectivity index (χ0n) is 11.4. The third kappa shape index (κ3) is 3.43. The van der Waals surface area contributed by atoms with Crippen LogP contribution in [0.2, 0.25) is 0 Å². The molecule has 1 fully saturated rings. The van der Waals surface area contributed by atoms with Crippen molar-refractivity contribution in [2.45, 2.75) is 42.4 Å². The number of hydrogen-bond acceptors (Lipinski definition) is 6. The number of anilines is 1. The van der Waals surface area contributed by atoms with Crippen molar-refractivity contribution in [2.24, 2.45) is 5.84 Å². The highest BCUT2D eigenvalue weighted by Gasteiger charge is 2.32. The molecule has 0 radical (unpaired) electrons. The Labute approximate surface area is 123 Å². The van der Waals surface area contributed by atoms with Crippen LogP contribution in [0.1, 0.15) is 26.2 Å². The molecule has 1 aliphatic carbocycles. The minimum absolute atomic E-state index is 0.0178. The molecule has 2 rings (SSSR count). The SMILES string of the molecule is CCSC1CCCC1NS(=O)(=O)c1cccnc1NN. The van der Waals surface area contributed by atoms with Gasteiger partial charge in [0.15, 0.2) is 5.82 Å². The summed E-state index contributed by atoms with van der Waals surface area (Å²) < 4.78 is 27.7. The van der Waals surface area contributed by atoms with Crippen LogP contribution < -0.4 is 16.0 Å². The van der Waals surface area contributed by atoms with Crippen LogP contribution in [0, 0.1) is 0 Å². The first-order valence-electron chi connectivity index (χ1n) is 6.64. The van der Waals surface area contributed by atoms with E-state index < -0.39 is 10.0 Å². The Kier molecular flexibility index (Phi) is 5.25. The number of thioether (sulfide) groups is 1. The van der Waals surface area contributed by atoms with Gasteiger partial charge in [-0.1, -0.05) is 13.3 Å². The molecule has 0 bridgehead atoms. The number of pyridine rings is 1. The molecule has 2 atom stereocenters. The maximum absolute atomic E-state index is 12.5. The van der Waals surface area contributed by atoms with E-state index in [0.717, 1.165) is 25.0 Å². The van der Waals surface area contributed by atoms with Crippen molar-refractivity contribution >= 4 is 27.6 Å². The highest BCUT2D eigenvalue weighted by atomic mass is 32.2. The van der Waals surface area contributed by atoms with E-state index >= 15 is 0 Å². The number of rotatable bonds is 6.